The van der Waals surface area contributed by atoms with Gasteiger partial charge >= 0.3 is 0 Å². The highest BCUT2D eigenvalue weighted by molar-refractivity contribution is 5.55. The first-order chi connectivity index (χ1) is 15.2. The average Bonchev–Trinajstić information content (AvgIpc) is 2.79. The number of aromatic nitrogens is 2. The van der Waals surface area contributed by atoms with Crippen LogP contribution in [0.15, 0.2) is 84.9 Å². The molecule has 4 rings (SSSR count). The van der Waals surface area contributed by atoms with Crippen molar-refractivity contribution in [3.05, 3.63) is 102 Å². The molecule has 0 unspecified atom stereocenters. The lowest BCUT2D eigenvalue weighted by Crippen LogP contribution is -2.00. The largest absolute Gasteiger partial charge is 0.489 e. The van der Waals surface area contributed by atoms with Crippen LogP contribution < -0.4 is 14.8 Å². The van der Waals surface area contributed by atoms with E-state index in [1.54, 1.807) is 30.3 Å². The molecule has 0 bridgehead atoms. The predicted molar refractivity (Wildman–Crippen MR) is 118 cm³/mol. The van der Waals surface area contributed by atoms with Gasteiger partial charge in [0, 0.05) is 17.4 Å². The molecule has 0 radical (unpaired) electrons. The van der Waals surface area contributed by atoms with E-state index >= 15 is 0 Å². The van der Waals surface area contributed by atoms with Crippen LogP contribution in [-0.2, 0) is 6.61 Å². The van der Waals surface area contributed by atoms with Crippen molar-refractivity contribution in [2.45, 2.75) is 13.5 Å². The number of benzene rings is 3. The minimum absolute atomic E-state index is 0.419. The van der Waals surface area contributed by atoms with Gasteiger partial charge < -0.3 is 14.8 Å². The van der Waals surface area contributed by atoms with Crippen molar-refractivity contribution in [3.8, 4) is 23.4 Å². The van der Waals surface area contributed by atoms with Gasteiger partial charge in [0.2, 0.25) is 11.8 Å². The summed E-state index contributed by atoms with van der Waals surface area (Å²) in [5.41, 5.74) is 3.26. The molecule has 152 valence electrons. The standard InChI is InChI=1S/C25H20N4O2/c1-18-15-24(29-25(27-18)28-21-9-7-19(16-26)8-10-21)31-23-13-11-22(12-14-23)30-17-20-5-3-2-4-6-20/h2-15H,17H2,1H3,(H,27,28,29). The number of nitriles is 1. The number of hydrogen-bond acceptors (Lipinski definition) is 6. The molecule has 0 amide bonds. The van der Waals surface area contributed by atoms with Gasteiger partial charge in [-0.15, -0.1) is 0 Å². The maximum Gasteiger partial charge on any atom is 0.230 e. The third-order valence-electron chi connectivity index (χ3n) is 4.40. The summed E-state index contributed by atoms with van der Waals surface area (Å²) in [4.78, 5) is 8.82. The minimum Gasteiger partial charge on any atom is -0.489 e. The fourth-order valence-corrected chi connectivity index (χ4v) is 2.87. The van der Waals surface area contributed by atoms with Crippen LogP contribution in [0.1, 0.15) is 16.8 Å². The molecule has 3 aromatic carbocycles. The number of aryl methyl sites for hydroxylation is 1. The van der Waals surface area contributed by atoms with Crippen molar-refractivity contribution in [1.29, 1.82) is 5.26 Å². The lowest BCUT2D eigenvalue weighted by atomic mass is 10.2. The highest BCUT2D eigenvalue weighted by Gasteiger charge is 2.06. The van der Waals surface area contributed by atoms with Gasteiger partial charge in [0.15, 0.2) is 0 Å². The Labute approximate surface area is 180 Å². The van der Waals surface area contributed by atoms with E-state index in [-0.39, 0.29) is 0 Å². The van der Waals surface area contributed by atoms with Crippen molar-refractivity contribution in [2.24, 2.45) is 0 Å². The van der Waals surface area contributed by atoms with Crippen LogP contribution in [0.3, 0.4) is 0 Å². The predicted octanol–water partition coefficient (Wildman–Crippen LogP) is 5.77. The van der Waals surface area contributed by atoms with Gasteiger partial charge in [-0.2, -0.15) is 10.2 Å². The van der Waals surface area contributed by atoms with Crippen molar-refractivity contribution in [3.63, 3.8) is 0 Å². The summed E-state index contributed by atoms with van der Waals surface area (Å²) < 4.78 is 11.7. The van der Waals surface area contributed by atoms with Crippen LogP contribution >= 0.6 is 0 Å². The summed E-state index contributed by atoms with van der Waals surface area (Å²) in [5, 5.41) is 12.0. The van der Waals surface area contributed by atoms with Gasteiger partial charge in [-0.25, -0.2) is 4.98 Å². The summed E-state index contributed by atoms with van der Waals surface area (Å²) in [6.07, 6.45) is 0. The number of anilines is 2. The lowest BCUT2D eigenvalue weighted by Gasteiger charge is -2.10. The van der Waals surface area contributed by atoms with Crippen LogP contribution in [0.5, 0.6) is 17.4 Å². The van der Waals surface area contributed by atoms with Gasteiger partial charge in [0.25, 0.3) is 0 Å². The van der Waals surface area contributed by atoms with Gasteiger partial charge in [-0.05, 0) is 61.0 Å². The van der Waals surface area contributed by atoms with Gasteiger partial charge in [0.05, 0.1) is 11.6 Å². The smallest absolute Gasteiger partial charge is 0.230 e. The molecule has 0 aliphatic rings. The van der Waals surface area contributed by atoms with Crippen molar-refractivity contribution in [1.82, 2.24) is 9.97 Å². The highest BCUT2D eigenvalue weighted by Crippen LogP contribution is 2.25. The fourth-order valence-electron chi connectivity index (χ4n) is 2.87. The topological polar surface area (TPSA) is 80.1 Å². The lowest BCUT2D eigenvalue weighted by molar-refractivity contribution is 0.305. The van der Waals surface area contributed by atoms with E-state index in [4.69, 9.17) is 14.7 Å². The summed E-state index contributed by atoms with van der Waals surface area (Å²) in [5.74, 6) is 2.26. The number of rotatable bonds is 7. The average molecular weight is 408 g/mol. The van der Waals surface area contributed by atoms with E-state index in [1.807, 2.05) is 61.5 Å². The van der Waals surface area contributed by atoms with Gasteiger partial charge in [-0.1, -0.05) is 30.3 Å². The summed E-state index contributed by atoms with van der Waals surface area (Å²) in [7, 11) is 0. The molecule has 0 spiro atoms. The Morgan fingerprint density at radius 1 is 0.871 bits per heavy atom. The van der Waals surface area contributed by atoms with Gasteiger partial charge in [0.1, 0.15) is 18.1 Å². The van der Waals surface area contributed by atoms with E-state index in [0.717, 1.165) is 22.7 Å². The quantitative estimate of drug-likeness (QED) is 0.418. The van der Waals surface area contributed by atoms with Crippen molar-refractivity contribution >= 4 is 11.6 Å². The minimum atomic E-state index is 0.419. The Hall–Kier alpha value is -4.37. The van der Waals surface area contributed by atoms with Crippen molar-refractivity contribution < 1.29 is 9.47 Å². The molecule has 4 aromatic rings. The molecule has 6 nitrogen and oxygen atoms in total. The zero-order valence-corrected chi connectivity index (χ0v) is 16.9. The number of ether oxygens (including phenoxy) is 2. The Kier molecular flexibility index (Phi) is 6.05. The fraction of sp³-hybridized carbons (Fsp3) is 0.0800. The first-order valence-corrected chi connectivity index (χ1v) is 9.75. The van der Waals surface area contributed by atoms with E-state index < -0.39 is 0 Å². The Morgan fingerprint density at radius 2 is 1.58 bits per heavy atom. The van der Waals surface area contributed by atoms with Crippen LogP contribution in [-0.4, -0.2) is 9.97 Å². The van der Waals surface area contributed by atoms with Crippen LogP contribution in [0.4, 0.5) is 11.6 Å². The van der Waals surface area contributed by atoms with Crippen LogP contribution in [0, 0.1) is 18.3 Å². The summed E-state index contributed by atoms with van der Waals surface area (Å²) in [6.45, 7) is 2.38. The summed E-state index contributed by atoms with van der Waals surface area (Å²) >= 11 is 0. The second kappa shape index (κ2) is 9.42. The normalized spacial score (nSPS) is 10.2. The molecule has 6 heteroatoms. The Bertz CT molecular complexity index is 1190. The maximum absolute atomic E-state index is 8.91. The Morgan fingerprint density at radius 3 is 2.29 bits per heavy atom. The molecule has 31 heavy (non-hydrogen) atoms. The molecule has 1 heterocycles. The Balaban J connectivity index is 1.40. The molecule has 0 aliphatic heterocycles. The molecule has 0 aliphatic carbocycles. The zero-order chi connectivity index (χ0) is 21.5. The number of hydrogen-bond donors (Lipinski definition) is 1. The van der Waals surface area contributed by atoms with Crippen molar-refractivity contribution in [2.75, 3.05) is 5.32 Å². The number of nitrogens with zero attached hydrogens (tertiary/aromatic N) is 3. The first-order valence-electron chi connectivity index (χ1n) is 9.75. The molecule has 0 saturated carbocycles. The van der Waals surface area contributed by atoms with E-state index in [0.29, 0.717) is 29.7 Å². The van der Waals surface area contributed by atoms with Crippen LogP contribution in [0.2, 0.25) is 0 Å². The second-order valence-electron chi connectivity index (χ2n) is 6.83. The third kappa shape index (κ3) is 5.58. The highest BCUT2D eigenvalue weighted by atomic mass is 16.5. The molecule has 1 N–H and O–H groups in total. The maximum atomic E-state index is 8.91. The monoisotopic (exact) mass is 408 g/mol. The van der Waals surface area contributed by atoms with E-state index in [1.165, 1.54) is 0 Å². The molecule has 1 aromatic heterocycles. The van der Waals surface area contributed by atoms with E-state index in [2.05, 4.69) is 21.4 Å². The van der Waals surface area contributed by atoms with E-state index in [9.17, 15) is 0 Å². The third-order valence-corrected chi connectivity index (χ3v) is 4.40. The molecular formula is C25H20N4O2. The molecule has 0 fully saturated rings. The first kappa shape index (κ1) is 19.9. The molecular weight excluding hydrogens is 388 g/mol. The van der Waals surface area contributed by atoms with Crippen LogP contribution in [0.25, 0.3) is 0 Å². The second-order valence-corrected chi connectivity index (χ2v) is 6.83. The molecule has 0 atom stereocenters. The number of nitrogens with one attached hydrogen (secondary N) is 1. The van der Waals surface area contributed by atoms with Gasteiger partial charge in [-0.3, -0.25) is 0 Å². The molecule has 0 saturated heterocycles. The zero-order valence-electron chi connectivity index (χ0n) is 16.9. The summed E-state index contributed by atoms with van der Waals surface area (Å²) in [6, 6.07) is 28.4. The SMILES string of the molecule is Cc1cc(Oc2ccc(OCc3ccccc3)cc2)nc(Nc2ccc(C#N)cc2)n1.